The number of nitrogens with zero attached hydrogens (tertiary/aromatic N) is 5. The smallest absolute Gasteiger partial charge is 0.227 e. The van der Waals surface area contributed by atoms with E-state index in [0.717, 1.165) is 44.6 Å². The van der Waals surface area contributed by atoms with E-state index in [-0.39, 0.29) is 10.9 Å². The number of sulfone groups is 1. The van der Waals surface area contributed by atoms with Crippen molar-refractivity contribution in [2.24, 2.45) is 5.92 Å². The van der Waals surface area contributed by atoms with Crippen LogP contribution in [-0.2, 0) is 34.2 Å². The summed E-state index contributed by atoms with van der Waals surface area (Å²) in [5.74, 6) is 0.520. The molecule has 166 valence electrons. The Morgan fingerprint density at radius 3 is 2.80 bits per heavy atom. The molecule has 9 heteroatoms. The minimum absolute atomic E-state index is 0.214. The maximum absolute atomic E-state index is 12.9. The molecule has 1 aliphatic heterocycles. The molecule has 2 fully saturated rings. The molecule has 0 amide bonds. The van der Waals surface area contributed by atoms with E-state index >= 15 is 0 Å². The SMILES string of the molecule is COCCn1c(CN2CCCC[C@H]2CCn2cccn2)cnc1S(=O)(=O)CC1CC1. The molecule has 4 rings (SSSR count). The largest absolute Gasteiger partial charge is 0.383 e. The molecule has 0 spiro atoms. The highest BCUT2D eigenvalue weighted by molar-refractivity contribution is 7.91. The normalized spacial score (nSPS) is 20.6. The Hall–Kier alpha value is -1.71. The highest BCUT2D eigenvalue weighted by atomic mass is 32.2. The van der Waals surface area contributed by atoms with Crippen LogP contribution in [0.3, 0.4) is 0 Å². The van der Waals surface area contributed by atoms with Crippen LogP contribution in [0.25, 0.3) is 0 Å². The molecule has 3 heterocycles. The zero-order valence-electron chi connectivity index (χ0n) is 17.8. The number of rotatable bonds is 11. The molecule has 2 aliphatic rings. The van der Waals surface area contributed by atoms with E-state index in [0.29, 0.717) is 25.1 Å². The summed E-state index contributed by atoms with van der Waals surface area (Å²) in [6, 6.07) is 2.43. The fourth-order valence-electron chi connectivity index (χ4n) is 4.37. The van der Waals surface area contributed by atoms with Crippen LogP contribution in [0.5, 0.6) is 0 Å². The van der Waals surface area contributed by atoms with Crippen molar-refractivity contribution in [1.29, 1.82) is 0 Å². The Balaban J connectivity index is 1.49. The van der Waals surface area contributed by atoms with Crippen LogP contribution in [-0.4, -0.2) is 64.7 Å². The van der Waals surface area contributed by atoms with Crippen LogP contribution in [0, 0.1) is 5.92 Å². The molecule has 2 aromatic heterocycles. The van der Waals surface area contributed by atoms with Crippen LogP contribution < -0.4 is 0 Å². The second-order valence-corrected chi connectivity index (χ2v) is 10.5. The molecule has 0 bridgehead atoms. The molecule has 0 aromatic carbocycles. The number of methoxy groups -OCH3 is 1. The Labute approximate surface area is 179 Å². The van der Waals surface area contributed by atoms with Gasteiger partial charge in [-0.2, -0.15) is 5.10 Å². The van der Waals surface area contributed by atoms with Crippen molar-refractivity contribution in [2.45, 2.75) is 69.4 Å². The third-order valence-electron chi connectivity index (χ3n) is 6.22. The number of imidazole rings is 1. The molecule has 1 saturated heterocycles. The number of piperidine rings is 1. The molecule has 8 nitrogen and oxygen atoms in total. The predicted molar refractivity (Wildman–Crippen MR) is 114 cm³/mol. The minimum atomic E-state index is -3.37. The van der Waals surface area contributed by atoms with Crippen molar-refractivity contribution >= 4 is 9.84 Å². The minimum Gasteiger partial charge on any atom is -0.383 e. The Morgan fingerprint density at radius 2 is 2.07 bits per heavy atom. The third-order valence-corrected chi connectivity index (χ3v) is 8.01. The van der Waals surface area contributed by atoms with Crippen molar-refractivity contribution < 1.29 is 13.2 Å². The maximum atomic E-state index is 12.9. The Bertz CT molecular complexity index is 905. The zero-order chi connectivity index (χ0) is 21.0. The third kappa shape index (κ3) is 5.31. The number of aryl methyl sites for hydroxylation is 1. The van der Waals surface area contributed by atoms with Crippen LogP contribution in [0.4, 0.5) is 0 Å². The average Bonchev–Trinajstić information content (AvgIpc) is 3.21. The summed E-state index contributed by atoms with van der Waals surface area (Å²) in [7, 11) is -1.72. The van der Waals surface area contributed by atoms with Gasteiger partial charge in [0.25, 0.3) is 0 Å². The summed E-state index contributed by atoms with van der Waals surface area (Å²) in [5.41, 5.74) is 0.965. The molecule has 30 heavy (non-hydrogen) atoms. The Morgan fingerprint density at radius 1 is 1.20 bits per heavy atom. The van der Waals surface area contributed by atoms with E-state index in [1.54, 1.807) is 13.3 Å². The first-order valence-electron chi connectivity index (χ1n) is 11.0. The van der Waals surface area contributed by atoms with Crippen LogP contribution in [0.15, 0.2) is 29.8 Å². The van der Waals surface area contributed by atoms with E-state index < -0.39 is 9.84 Å². The monoisotopic (exact) mass is 435 g/mol. The van der Waals surface area contributed by atoms with Crippen molar-refractivity contribution in [3.8, 4) is 0 Å². The van der Waals surface area contributed by atoms with E-state index in [1.165, 1.54) is 19.3 Å². The molecule has 0 unspecified atom stereocenters. The number of ether oxygens (including phenoxy) is 1. The standard InChI is InChI=1S/C21H33N5O3S/c1-29-14-13-26-20(15-22-21(26)30(27,28)17-18-6-7-18)16-24-10-3-2-5-19(24)8-12-25-11-4-9-23-25/h4,9,11,15,18-19H,2-3,5-8,10,12-14,16-17H2,1H3/t19-/m0/s1. The van der Waals surface area contributed by atoms with Crippen LogP contribution in [0.1, 0.15) is 44.2 Å². The molecular formula is C21H33N5O3S. The second kappa shape index (κ2) is 9.62. The number of hydrogen-bond donors (Lipinski definition) is 0. The maximum Gasteiger partial charge on any atom is 0.227 e. The van der Waals surface area contributed by atoms with Gasteiger partial charge in [-0.25, -0.2) is 13.4 Å². The summed E-state index contributed by atoms with van der Waals surface area (Å²) < 4.78 is 35.0. The van der Waals surface area contributed by atoms with Gasteiger partial charge in [-0.15, -0.1) is 0 Å². The number of hydrogen-bond acceptors (Lipinski definition) is 6. The van der Waals surface area contributed by atoms with E-state index in [1.807, 2.05) is 27.7 Å². The summed E-state index contributed by atoms with van der Waals surface area (Å²) in [6.45, 7) is 3.63. The van der Waals surface area contributed by atoms with Gasteiger partial charge < -0.3 is 9.30 Å². The molecule has 0 radical (unpaired) electrons. The Kier molecular flexibility index (Phi) is 6.90. The van der Waals surface area contributed by atoms with Crippen molar-refractivity contribution in [2.75, 3.05) is 26.0 Å². The molecular weight excluding hydrogens is 402 g/mol. The molecule has 1 aliphatic carbocycles. The number of aromatic nitrogens is 4. The van der Waals surface area contributed by atoms with Gasteiger partial charge in [0.1, 0.15) is 0 Å². The lowest BCUT2D eigenvalue weighted by Gasteiger charge is -2.36. The van der Waals surface area contributed by atoms with E-state index in [9.17, 15) is 8.42 Å². The van der Waals surface area contributed by atoms with Gasteiger partial charge in [0.15, 0.2) is 0 Å². The summed E-state index contributed by atoms with van der Waals surface area (Å²) >= 11 is 0. The van der Waals surface area contributed by atoms with Gasteiger partial charge in [-0.1, -0.05) is 6.42 Å². The highest BCUT2D eigenvalue weighted by Crippen LogP contribution is 2.32. The van der Waals surface area contributed by atoms with Crippen molar-refractivity contribution in [3.05, 3.63) is 30.4 Å². The van der Waals surface area contributed by atoms with Gasteiger partial charge in [0.05, 0.1) is 24.3 Å². The van der Waals surface area contributed by atoms with Gasteiger partial charge in [-0.05, 0) is 50.6 Å². The van der Waals surface area contributed by atoms with Gasteiger partial charge in [0.2, 0.25) is 15.0 Å². The van der Waals surface area contributed by atoms with Crippen molar-refractivity contribution in [3.63, 3.8) is 0 Å². The zero-order valence-corrected chi connectivity index (χ0v) is 18.6. The first kappa shape index (κ1) is 21.5. The van der Waals surface area contributed by atoms with Gasteiger partial charge in [-0.3, -0.25) is 9.58 Å². The van der Waals surface area contributed by atoms with E-state index in [2.05, 4.69) is 15.0 Å². The second-order valence-electron chi connectivity index (χ2n) is 8.58. The average molecular weight is 436 g/mol. The van der Waals surface area contributed by atoms with Crippen LogP contribution in [0.2, 0.25) is 0 Å². The lowest BCUT2D eigenvalue weighted by molar-refractivity contribution is 0.122. The fraction of sp³-hybridized carbons (Fsp3) is 0.714. The van der Waals surface area contributed by atoms with Gasteiger partial charge in [0, 0.05) is 45.2 Å². The van der Waals surface area contributed by atoms with E-state index in [4.69, 9.17) is 4.74 Å². The topological polar surface area (TPSA) is 82.2 Å². The fourth-order valence-corrected chi connectivity index (χ4v) is 6.24. The van der Waals surface area contributed by atoms with Crippen molar-refractivity contribution in [1.82, 2.24) is 24.2 Å². The summed E-state index contributed by atoms with van der Waals surface area (Å²) in [6.07, 6.45) is 12.2. The van der Waals surface area contributed by atoms with Gasteiger partial charge >= 0.3 is 0 Å². The summed E-state index contributed by atoms with van der Waals surface area (Å²) in [4.78, 5) is 6.87. The molecule has 1 saturated carbocycles. The first-order chi connectivity index (χ1) is 14.6. The lowest BCUT2D eigenvalue weighted by atomic mass is 9.99. The highest BCUT2D eigenvalue weighted by Gasteiger charge is 2.33. The number of likely N-dealkylation sites (tertiary alicyclic amines) is 1. The summed E-state index contributed by atoms with van der Waals surface area (Å²) in [5, 5.41) is 4.53. The molecule has 0 N–H and O–H groups in total. The quantitative estimate of drug-likeness (QED) is 0.539. The van der Waals surface area contributed by atoms with Crippen LogP contribution >= 0.6 is 0 Å². The first-order valence-corrected chi connectivity index (χ1v) is 12.7. The molecule has 1 atom stereocenters. The predicted octanol–water partition coefficient (Wildman–Crippen LogP) is 2.35. The lowest BCUT2D eigenvalue weighted by Crippen LogP contribution is -2.40. The molecule has 2 aromatic rings.